The average Bonchev–Trinajstić information content (AvgIpc) is 2.01. The highest BCUT2D eigenvalue weighted by Gasteiger charge is 2.29. The highest BCUT2D eigenvalue weighted by atomic mass is 32.2. The molecule has 5 heteroatoms. The standard InChI is InChI=1S/C8H8F3NS/c9-8(10,11)13-7-3-1-2-6(4-7)5-12/h1-4H,5,12H2. The van der Waals surface area contributed by atoms with E-state index in [2.05, 4.69) is 0 Å². The first-order valence-corrected chi connectivity index (χ1v) is 4.37. The fraction of sp³-hybridized carbons (Fsp3) is 0.250. The average molecular weight is 207 g/mol. The van der Waals surface area contributed by atoms with Gasteiger partial charge >= 0.3 is 5.51 Å². The largest absolute Gasteiger partial charge is 0.446 e. The second-order valence-corrected chi connectivity index (χ2v) is 3.54. The lowest BCUT2D eigenvalue weighted by molar-refractivity contribution is -0.0328. The molecular weight excluding hydrogens is 199 g/mol. The Morgan fingerprint density at radius 1 is 1.31 bits per heavy atom. The molecule has 1 nitrogen and oxygen atoms in total. The maximum Gasteiger partial charge on any atom is 0.446 e. The molecule has 1 aromatic carbocycles. The number of alkyl halides is 3. The van der Waals surface area contributed by atoms with Crippen molar-refractivity contribution in [2.45, 2.75) is 16.9 Å². The van der Waals surface area contributed by atoms with Crippen LogP contribution in [0.3, 0.4) is 0 Å². The summed E-state index contributed by atoms with van der Waals surface area (Å²) in [6.07, 6.45) is 0. The molecule has 13 heavy (non-hydrogen) atoms. The molecular formula is C8H8F3NS. The summed E-state index contributed by atoms with van der Waals surface area (Å²) >= 11 is -0.125. The van der Waals surface area contributed by atoms with Crippen LogP contribution in [0.15, 0.2) is 29.2 Å². The molecule has 0 aliphatic heterocycles. The number of hydrogen-bond donors (Lipinski definition) is 1. The summed E-state index contributed by atoms with van der Waals surface area (Å²) in [7, 11) is 0. The smallest absolute Gasteiger partial charge is 0.326 e. The number of benzene rings is 1. The highest BCUT2D eigenvalue weighted by molar-refractivity contribution is 8.00. The maximum atomic E-state index is 11.9. The minimum Gasteiger partial charge on any atom is -0.326 e. The van der Waals surface area contributed by atoms with Crippen LogP contribution in [0.5, 0.6) is 0 Å². The minimum atomic E-state index is -4.23. The van der Waals surface area contributed by atoms with Gasteiger partial charge in [0.25, 0.3) is 0 Å². The van der Waals surface area contributed by atoms with Crippen LogP contribution in [-0.2, 0) is 6.54 Å². The number of rotatable bonds is 2. The van der Waals surface area contributed by atoms with Crippen molar-refractivity contribution in [2.24, 2.45) is 5.73 Å². The first kappa shape index (κ1) is 10.4. The van der Waals surface area contributed by atoms with Crippen molar-refractivity contribution >= 4 is 11.8 Å². The summed E-state index contributed by atoms with van der Waals surface area (Å²) in [5.41, 5.74) is 1.77. The Morgan fingerprint density at radius 2 is 2.00 bits per heavy atom. The van der Waals surface area contributed by atoms with Gasteiger partial charge in [-0.1, -0.05) is 12.1 Å². The molecule has 0 aromatic heterocycles. The summed E-state index contributed by atoms with van der Waals surface area (Å²) in [6, 6.07) is 6.12. The zero-order valence-electron chi connectivity index (χ0n) is 6.64. The monoisotopic (exact) mass is 207 g/mol. The van der Waals surface area contributed by atoms with E-state index in [1.54, 1.807) is 12.1 Å². The second-order valence-electron chi connectivity index (χ2n) is 2.40. The van der Waals surface area contributed by atoms with Crippen LogP contribution in [0.4, 0.5) is 13.2 Å². The lowest BCUT2D eigenvalue weighted by Crippen LogP contribution is -2.00. The molecule has 0 unspecified atom stereocenters. The zero-order chi connectivity index (χ0) is 9.90. The van der Waals surface area contributed by atoms with Crippen LogP contribution in [-0.4, -0.2) is 5.51 Å². The Labute approximate surface area is 78.1 Å². The van der Waals surface area contributed by atoms with E-state index in [-0.39, 0.29) is 23.2 Å². The van der Waals surface area contributed by atoms with E-state index in [0.29, 0.717) is 5.56 Å². The SMILES string of the molecule is NCc1cccc(SC(F)(F)F)c1. The molecule has 0 saturated carbocycles. The van der Waals surface area contributed by atoms with Crippen molar-refractivity contribution in [1.29, 1.82) is 0 Å². The van der Waals surface area contributed by atoms with Crippen molar-refractivity contribution < 1.29 is 13.2 Å². The van der Waals surface area contributed by atoms with Crippen LogP contribution < -0.4 is 5.73 Å². The predicted molar refractivity (Wildman–Crippen MR) is 46.2 cm³/mol. The number of halogens is 3. The van der Waals surface area contributed by atoms with Gasteiger partial charge in [0.15, 0.2) is 0 Å². The lowest BCUT2D eigenvalue weighted by Gasteiger charge is -2.06. The van der Waals surface area contributed by atoms with E-state index >= 15 is 0 Å². The predicted octanol–water partition coefficient (Wildman–Crippen LogP) is 2.76. The van der Waals surface area contributed by atoms with Gasteiger partial charge in [-0.3, -0.25) is 0 Å². The van der Waals surface area contributed by atoms with Gasteiger partial charge in [0.2, 0.25) is 0 Å². The van der Waals surface area contributed by atoms with Gasteiger partial charge in [-0.05, 0) is 29.5 Å². The first-order valence-electron chi connectivity index (χ1n) is 3.56. The van der Waals surface area contributed by atoms with Crippen LogP contribution in [0.25, 0.3) is 0 Å². The molecule has 0 fully saturated rings. The number of hydrogen-bond acceptors (Lipinski definition) is 2. The molecule has 0 amide bonds. The molecule has 0 spiro atoms. The molecule has 1 aromatic rings. The summed E-state index contributed by atoms with van der Waals surface area (Å²) in [6.45, 7) is 0.256. The molecule has 0 aliphatic carbocycles. The van der Waals surface area contributed by atoms with Crippen LogP contribution in [0, 0.1) is 0 Å². The summed E-state index contributed by atoms with van der Waals surface area (Å²) < 4.78 is 35.7. The highest BCUT2D eigenvalue weighted by Crippen LogP contribution is 2.36. The molecule has 0 atom stereocenters. The summed E-state index contributed by atoms with van der Waals surface area (Å²) in [4.78, 5) is 0.176. The maximum absolute atomic E-state index is 11.9. The van der Waals surface area contributed by atoms with Crippen LogP contribution >= 0.6 is 11.8 Å². The lowest BCUT2D eigenvalue weighted by atomic mass is 10.2. The summed E-state index contributed by atoms with van der Waals surface area (Å²) in [5, 5.41) is 0. The van der Waals surface area contributed by atoms with Crippen molar-refractivity contribution in [3.05, 3.63) is 29.8 Å². The van der Waals surface area contributed by atoms with Crippen molar-refractivity contribution in [2.75, 3.05) is 0 Å². The van der Waals surface area contributed by atoms with Gasteiger partial charge in [0, 0.05) is 11.4 Å². The van der Waals surface area contributed by atoms with E-state index in [9.17, 15) is 13.2 Å². The second kappa shape index (κ2) is 4.02. The Morgan fingerprint density at radius 3 is 2.54 bits per heavy atom. The quantitative estimate of drug-likeness (QED) is 0.754. The normalized spacial score (nSPS) is 11.7. The molecule has 0 saturated heterocycles. The first-order chi connectivity index (χ1) is 6.01. The molecule has 72 valence electrons. The summed E-state index contributed by atoms with van der Waals surface area (Å²) in [5.74, 6) is 0. The third-order valence-electron chi connectivity index (χ3n) is 1.37. The van der Waals surface area contributed by atoms with Crippen molar-refractivity contribution in [1.82, 2.24) is 0 Å². The Kier molecular flexibility index (Phi) is 3.22. The molecule has 0 heterocycles. The van der Waals surface area contributed by atoms with E-state index in [1.807, 2.05) is 0 Å². The Bertz CT molecular complexity index is 285. The number of nitrogens with two attached hydrogens (primary N) is 1. The van der Waals surface area contributed by atoms with Gasteiger partial charge in [-0.2, -0.15) is 13.2 Å². The number of thioether (sulfide) groups is 1. The van der Waals surface area contributed by atoms with Crippen molar-refractivity contribution in [3.63, 3.8) is 0 Å². The van der Waals surface area contributed by atoms with E-state index in [4.69, 9.17) is 5.73 Å². The van der Waals surface area contributed by atoms with E-state index in [1.165, 1.54) is 12.1 Å². The third-order valence-corrected chi connectivity index (χ3v) is 2.09. The van der Waals surface area contributed by atoms with E-state index < -0.39 is 5.51 Å². The van der Waals surface area contributed by atoms with Gasteiger partial charge in [0.1, 0.15) is 0 Å². The molecule has 0 aliphatic rings. The third kappa shape index (κ3) is 3.69. The fourth-order valence-corrected chi connectivity index (χ4v) is 1.49. The van der Waals surface area contributed by atoms with Crippen LogP contribution in [0.1, 0.15) is 5.56 Å². The van der Waals surface area contributed by atoms with Gasteiger partial charge in [-0.15, -0.1) is 0 Å². The van der Waals surface area contributed by atoms with Gasteiger partial charge in [0.05, 0.1) is 0 Å². The topological polar surface area (TPSA) is 26.0 Å². The fourth-order valence-electron chi connectivity index (χ4n) is 0.870. The molecule has 0 bridgehead atoms. The minimum absolute atomic E-state index is 0.125. The Balaban J connectivity index is 2.78. The van der Waals surface area contributed by atoms with Gasteiger partial charge in [-0.25, -0.2) is 0 Å². The van der Waals surface area contributed by atoms with E-state index in [0.717, 1.165) is 0 Å². The molecule has 2 N–H and O–H groups in total. The molecule has 0 radical (unpaired) electrons. The van der Waals surface area contributed by atoms with Crippen molar-refractivity contribution in [3.8, 4) is 0 Å². The van der Waals surface area contributed by atoms with Gasteiger partial charge < -0.3 is 5.73 Å². The zero-order valence-corrected chi connectivity index (χ0v) is 7.45. The molecule has 1 rings (SSSR count). The Hall–Kier alpha value is -0.680. The van der Waals surface area contributed by atoms with Crippen LogP contribution in [0.2, 0.25) is 0 Å².